The third-order valence-corrected chi connectivity index (χ3v) is 3.70. The first kappa shape index (κ1) is 14.3. The fourth-order valence-corrected chi connectivity index (χ4v) is 2.38. The van der Waals surface area contributed by atoms with Crippen LogP contribution in [0, 0.1) is 5.92 Å². The zero-order chi connectivity index (χ0) is 14.5. The molecule has 4 nitrogen and oxygen atoms in total. The molecule has 0 aromatic heterocycles. The van der Waals surface area contributed by atoms with Gasteiger partial charge >= 0.3 is 0 Å². The van der Waals surface area contributed by atoms with E-state index in [1.165, 1.54) is 5.56 Å². The molecule has 20 heavy (non-hydrogen) atoms. The second-order valence-electron chi connectivity index (χ2n) is 5.10. The summed E-state index contributed by atoms with van der Waals surface area (Å²) in [7, 11) is 0. The van der Waals surface area contributed by atoms with E-state index in [0.29, 0.717) is 18.7 Å². The molecule has 4 heteroatoms. The van der Waals surface area contributed by atoms with Gasteiger partial charge in [0.2, 0.25) is 11.8 Å². The zero-order valence-electron chi connectivity index (χ0n) is 11.7. The van der Waals surface area contributed by atoms with E-state index in [1.54, 1.807) is 6.92 Å². The average molecular weight is 272 g/mol. The van der Waals surface area contributed by atoms with Crippen molar-refractivity contribution in [2.75, 3.05) is 13.1 Å². The molecule has 2 rings (SSSR count). The number of nitrogens with zero attached hydrogens (tertiary/aromatic N) is 1. The van der Waals surface area contributed by atoms with Gasteiger partial charge in [-0.1, -0.05) is 36.4 Å². The molecular weight excluding hydrogens is 252 g/mol. The van der Waals surface area contributed by atoms with E-state index in [4.69, 9.17) is 5.73 Å². The summed E-state index contributed by atoms with van der Waals surface area (Å²) >= 11 is 0. The Hall–Kier alpha value is -2.10. The second kappa shape index (κ2) is 6.37. The molecule has 2 N–H and O–H groups in total. The summed E-state index contributed by atoms with van der Waals surface area (Å²) in [6.07, 6.45) is 3.45. The van der Waals surface area contributed by atoms with Gasteiger partial charge in [0.1, 0.15) is 0 Å². The van der Waals surface area contributed by atoms with Gasteiger partial charge in [-0.25, -0.2) is 0 Å². The molecule has 0 saturated heterocycles. The van der Waals surface area contributed by atoms with Gasteiger partial charge in [-0.05, 0) is 25.3 Å². The summed E-state index contributed by atoms with van der Waals surface area (Å²) in [5, 5.41) is 0. The Labute approximate surface area is 119 Å². The van der Waals surface area contributed by atoms with Crippen molar-refractivity contribution < 1.29 is 9.59 Å². The van der Waals surface area contributed by atoms with Crippen molar-refractivity contribution >= 4 is 11.8 Å². The molecule has 0 spiro atoms. The minimum absolute atomic E-state index is 0.0570. The lowest BCUT2D eigenvalue weighted by Gasteiger charge is -2.28. The highest BCUT2D eigenvalue weighted by Gasteiger charge is 2.27. The molecule has 1 aromatic carbocycles. The van der Waals surface area contributed by atoms with Crippen molar-refractivity contribution in [3.63, 3.8) is 0 Å². The van der Waals surface area contributed by atoms with E-state index < -0.39 is 11.8 Å². The number of carbonyl (C=O) groups is 2. The van der Waals surface area contributed by atoms with Crippen molar-refractivity contribution in [3.8, 4) is 0 Å². The molecule has 1 aromatic rings. The van der Waals surface area contributed by atoms with Gasteiger partial charge in [0.15, 0.2) is 0 Å². The minimum atomic E-state index is -0.512. The Morgan fingerprint density at radius 2 is 2.05 bits per heavy atom. The number of carbonyl (C=O) groups excluding carboxylic acids is 2. The molecule has 1 aliphatic rings. The monoisotopic (exact) mass is 272 g/mol. The van der Waals surface area contributed by atoms with Crippen molar-refractivity contribution in [1.29, 1.82) is 0 Å². The first-order valence-corrected chi connectivity index (χ1v) is 6.92. The quantitative estimate of drug-likeness (QED) is 0.883. The first-order chi connectivity index (χ1) is 9.59. The van der Waals surface area contributed by atoms with Crippen LogP contribution < -0.4 is 5.73 Å². The highest BCUT2D eigenvalue weighted by Crippen LogP contribution is 2.19. The number of amides is 2. The van der Waals surface area contributed by atoms with E-state index in [1.807, 2.05) is 29.2 Å². The Bertz CT molecular complexity index is 523. The van der Waals surface area contributed by atoms with Crippen LogP contribution in [0.15, 0.2) is 42.0 Å². The summed E-state index contributed by atoms with van der Waals surface area (Å²) in [5.74, 6) is -1.02. The molecule has 2 amide bonds. The summed E-state index contributed by atoms with van der Waals surface area (Å²) in [4.78, 5) is 25.4. The predicted molar refractivity (Wildman–Crippen MR) is 77.8 cm³/mol. The molecule has 1 unspecified atom stereocenters. The topological polar surface area (TPSA) is 63.4 Å². The number of rotatable bonds is 5. The fourth-order valence-electron chi connectivity index (χ4n) is 2.38. The fraction of sp³-hybridized carbons (Fsp3) is 0.375. The Morgan fingerprint density at radius 3 is 2.70 bits per heavy atom. The van der Waals surface area contributed by atoms with Gasteiger partial charge < -0.3 is 10.6 Å². The van der Waals surface area contributed by atoms with Gasteiger partial charge in [-0.2, -0.15) is 0 Å². The molecule has 0 bridgehead atoms. The average Bonchev–Trinajstić information content (AvgIpc) is 2.46. The van der Waals surface area contributed by atoms with Gasteiger partial charge in [-0.15, -0.1) is 0 Å². The van der Waals surface area contributed by atoms with Crippen molar-refractivity contribution in [1.82, 2.24) is 4.90 Å². The number of primary amides is 1. The Balaban J connectivity index is 1.99. The van der Waals surface area contributed by atoms with Crippen LogP contribution in [0.25, 0.3) is 0 Å². The zero-order valence-corrected chi connectivity index (χ0v) is 11.7. The highest BCUT2D eigenvalue weighted by atomic mass is 16.2. The maximum absolute atomic E-state index is 12.3. The van der Waals surface area contributed by atoms with E-state index in [9.17, 15) is 9.59 Å². The van der Waals surface area contributed by atoms with Crippen LogP contribution in [0.1, 0.15) is 18.9 Å². The maximum atomic E-state index is 12.3. The summed E-state index contributed by atoms with van der Waals surface area (Å²) in [5.41, 5.74) is 7.04. The largest absolute Gasteiger partial charge is 0.369 e. The van der Waals surface area contributed by atoms with Gasteiger partial charge in [0.25, 0.3) is 0 Å². The molecular formula is C16H20N2O2. The molecule has 0 aliphatic carbocycles. The van der Waals surface area contributed by atoms with Crippen molar-refractivity contribution in [3.05, 3.63) is 47.5 Å². The van der Waals surface area contributed by atoms with Crippen molar-refractivity contribution in [2.45, 2.75) is 19.8 Å². The van der Waals surface area contributed by atoms with E-state index >= 15 is 0 Å². The maximum Gasteiger partial charge on any atom is 0.250 e. The Kier molecular flexibility index (Phi) is 4.56. The Morgan fingerprint density at radius 1 is 1.35 bits per heavy atom. The van der Waals surface area contributed by atoms with Crippen LogP contribution in [0.5, 0.6) is 0 Å². The highest BCUT2D eigenvalue weighted by molar-refractivity contribution is 6.00. The molecule has 106 valence electrons. The second-order valence-corrected chi connectivity index (χ2v) is 5.10. The molecule has 0 radical (unpaired) electrons. The SMILES string of the molecule is CC(C(N)=O)C1=CCCN(CCc2ccccc2)C1=O. The first-order valence-electron chi connectivity index (χ1n) is 6.92. The van der Waals surface area contributed by atoms with Crippen LogP contribution in [0.3, 0.4) is 0 Å². The smallest absolute Gasteiger partial charge is 0.250 e. The summed E-state index contributed by atoms with van der Waals surface area (Å²) in [6.45, 7) is 3.07. The van der Waals surface area contributed by atoms with Crippen LogP contribution in [-0.4, -0.2) is 29.8 Å². The lowest BCUT2D eigenvalue weighted by molar-refractivity contribution is -0.130. The van der Waals surface area contributed by atoms with Crippen LogP contribution in [0.2, 0.25) is 0 Å². The lowest BCUT2D eigenvalue weighted by atomic mass is 9.95. The molecule has 1 heterocycles. The van der Waals surface area contributed by atoms with Crippen LogP contribution in [0.4, 0.5) is 0 Å². The number of hydrogen-bond donors (Lipinski definition) is 1. The summed E-state index contributed by atoms with van der Waals surface area (Å²) in [6, 6.07) is 10.1. The third-order valence-electron chi connectivity index (χ3n) is 3.70. The predicted octanol–water partition coefficient (Wildman–Crippen LogP) is 1.51. The van der Waals surface area contributed by atoms with Gasteiger partial charge in [-0.3, -0.25) is 9.59 Å². The van der Waals surface area contributed by atoms with Crippen LogP contribution >= 0.6 is 0 Å². The molecule has 0 fully saturated rings. The normalized spacial score (nSPS) is 16.8. The minimum Gasteiger partial charge on any atom is -0.369 e. The number of nitrogens with two attached hydrogens (primary N) is 1. The number of hydrogen-bond acceptors (Lipinski definition) is 2. The summed E-state index contributed by atoms with van der Waals surface area (Å²) < 4.78 is 0. The van der Waals surface area contributed by atoms with Gasteiger partial charge in [0.05, 0.1) is 5.92 Å². The lowest BCUT2D eigenvalue weighted by Crippen LogP contribution is -2.40. The number of benzene rings is 1. The standard InChI is InChI=1S/C16H20N2O2/c1-12(15(17)19)14-8-5-10-18(16(14)20)11-9-13-6-3-2-4-7-13/h2-4,6-8,12H,5,9-11H2,1H3,(H2,17,19). The van der Waals surface area contributed by atoms with E-state index in [-0.39, 0.29) is 5.91 Å². The van der Waals surface area contributed by atoms with E-state index in [0.717, 1.165) is 12.8 Å². The molecule has 1 aliphatic heterocycles. The molecule has 1 atom stereocenters. The van der Waals surface area contributed by atoms with Crippen LogP contribution in [-0.2, 0) is 16.0 Å². The van der Waals surface area contributed by atoms with Gasteiger partial charge in [0, 0.05) is 18.7 Å². The third kappa shape index (κ3) is 3.26. The van der Waals surface area contributed by atoms with Crippen molar-refractivity contribution in [2.24, 2.45) is 11.7 Å². The van der Waals surface area contributed by atoms with E-state index in [2.05, 4.69) is 12.1 Å². The molecule has 0 saturated carbocycles.